The molecule has 10 heteroatoms. The Kier molecular flexibility index (Phi) is 6.01. The summed E-state index contributed by atoms with van der Waals surface area (Å²) in [5.74, 6) is 0.369. The first-order chi connectivity index (χ1) is 14.2. The fraction of sp³-hybridized carbons (Fsp3) is 0.158. The van der Waals surface area contributed by atoms with E-state index >= 15 is 0 Å². The first kappa shape index (κ1) is 19.3. The highest BCUT2D eigenvalue weighted by atomic mass is 32.2. The number of amides is 1. The highest BCUT2D eigenvalue weighted by Crippen LogP contribution is 2.26. The summed E-state index contributed by atoms with van der Waals surface area (Å²) < 4.78 is 20.2. The van der Waals surface area contributed by atoms with Crippen molar-refractivity contribution in [1.29, 1.82) is 0 Å². The number of furan rings is 1. The van der Waals surface area contributed by atoms with Gasteiger partial charge in [-0.2, -0.15) is 0 Å². The van der Waals surface area contributed by atoms with Crippen LogP contribution in [0.5, 0.6) is 0 Å². The maximum absolute atomic E-state index is 13.3. The zero-order valence-corrected chi connectivity index (χ0v) is 16.7. The van der Waals surface area contributed by atoms with E-state index in [2.05, 4.69) is 20.8 Å². The van der Waals surface area contributed by atoms with Crippen molar-refractivity contribution in [3.63, 3.8) is 0 Å². The number of tetrazole rings is 1. The van der Waals surface area contributed by atoms with Crippen molar-refractivity contribution in [1.82, 2.24) is 25.5 Å². The number of rotatable bonds is 8. The number of hydrogen-bond acceptors (Lipinski definition) is 7. The number of hydrogen-bond donors (Lipinski definition) is 1. The van der Waals surface area contributed by atoms with E-state index in [-0.39, 0.29) is 23.5 Å². The Balaban J connectivity index is 1.41. The summed E-state index contributed by atoms with van der Waals surface area (Å²) in [6.45, 7) is 0.386. The predicted octanol–water partition coefficient (Wildman–Crippen LogP) is 3.51. The van der Waals surface area contributed by atoms with Gasteiger partial charge in [-0.3, -0.25) is 4.79 Å². The Hall–Kier alpha value is -2.98. The van der Waals surface area contributed by atoms with Gasteiger partial charge in [-0.05, 0) is 51.7 Å². The summed E-state index contributed by atoms with van der Waals surface area (Å²) in [5, 5.41) is 17.1. The fourth-order valence-electron chi connectivity index (χ4n) is 2.71. The lowest BCUT2D eigenvalue weighted by molar-refractivity contribution is -0.119. The van der Waals surface area contributed by atoms with Crippen LogP contribution in [0.15, 0.2) is 69.7 Å². The van der Waals surface area contributed by atoms with Crippen LogP contribution < -0.4 is 5.32 Å². The van der Waals surface area contributed by atoms with E-state index in [0.29, 0.717) is 11.7 Å². The Bertz CT molecular complexity index is 1050. The molecule has 1 unspecified atom stereocenters. The molecule has 0 saturated heterocycles. The van der Waals surface area contributed by atoms with Gasteiger partial charge in [0.2, 0.25) is 11.1 Å². The van der Waals surface area contributed by atoms with Crippen LogP contribution >= 0.6 is 23.1 Å². The maximum Gasteiger partial charge on any atom is 0.231 e. The lowest BCUT2D eigenvalue weighted by atomic mass is 10.1. The zero-order chi connectivity index (χ0) is 20.1. The number of carbonyl (C=O) groups excluding carboxylic acids is 1. The normalized spacial score (nSPS) is 12.0. The number of nitrogens with zero attached hydrogens (tertiary/aromatic N) is 4. The van der Waals surface area contributed by atoms with E-state index in [1.807, 2.05) is 23.6 Å². The van der Waals surface area contributed by atoms with E-state index in [4.69, 9.17) is 4.42 Å². The van der Waals surface area contributed by atoms with Crippen LogP contribution in [0.1, 0.15) is 22.2 Å². The first-order valence-corrected chi connectivity index (χ1v) is 10.5. The fourth-order valence-corrected chi connectivity index (χ4v) is 4.20. The number of halogens is 1. The molecule has 0 aliphatic rings. The average molecular weight is 430 g/mol. The summed E-state index contributed by atoms with van der Waals surface area (Å²) in [5.41, 5.74) is 0.815. The quantitative estimate of drug-likeness (QED) is 0.432. The van der Waals surface area contributed by atoms with Crippen LogP contribution in [0.2, 0.25) is 0 Å². The summed E-state index contributed by atoms with van der Waals surface area (Å²) in [6, 6.07) is 13.3. The minimum absolute atomic E-state index is 0.140. The lowest BCUT2D eigenvalue weighted by Gasteiger charge is -2.18. The topological polar surface area (TPSA) is 85.8 Å². The van der Waals surface area contributed by atoms with Crippen molar-refractivity contribution in [3.05, 3.63) is 82.2 Å². The second-order valence-electron chi connectivity index (χ2n) is 6.05. The minimum atomic E-state index is -0.345. The molecule has 0 saturated carbocycles. The van der Waals surface area contributed by atoms with Crippen molar-refractivity contribution in [2.24, 2.45) is 0 Å². The molecule has 0 aliphatic heterocycles. The van der Waals surface area contributed by atoms with E-state index in [1.165, 1.54) is 35.2 Å². The van der Waals surface area contributed by atoms with E-state index in [9.17, 15) is 9.18 Å². The summed E-state index contributed by atoms with van der Waals surface area (Å²) in [6.07, 6.45) is 1.58. The molecular formula is C19H16FN5O2S2. The van der Waals surface area contributed by atoms with Crippen LogP contribution in [0.25, 0.3) is 0 Å². The summed E-state index contributed by atoms with van der Waals surface area (Å²) >= 11 is 2.77. The molecule has 3 aromatic heterocycles. The van der Waals surface area contributed by atoms with Gasteiger partial charge in [0, 0.05) is 4.88 Å². The molecule has 0 bridgehead atoms. The van der Waals surface area contributed by atoms with Gasteiger partial charge in [0.25, 0.3) is 0 Å². The van der Waals surface area contributed by atoms with Gasteiger partial charge in [-0.1, -0.05) is 30.0 Å². The highest BCUT2D eigenvalue weighted by molar-refractivity contribution is 7.99. The summed E-state index contributed by atoms with van der Waals surface area (Å²) in [4.78, 5) is 13.6. The zero-order valence-electron chi connectivity index (χ0n) is 15.1. The van der Waals surface area contributed by atoms with E-state index in [1.54, 1.807) is 29.1 Å². The standard InChI is InChI=1S/C19H16FN5O2S2/c20-14-7-5-13(6-8-14)18(16-4-2-10-28-16)21-17(26)12-29-19-22-23-24-25(19)11-15-3-1-9-27-15/h1-10,18H,11-12H2,(H,21,26). The molecule has 0 spiro atoms. The van der Waals surface area contributed by atoms with E-state index < -0.39 is 0 Å². The Morgan fingerprint density at radius 1 is 1.24 bits per heavy atom. The van der Waals surface area contributed by atoms with Crippen LogP contribution in [-0.4, -0.2) is 31.9 Å². The van der Waals surface area contributed by atoms with E-state index in [0.717, 1.165) is 16.2 Å². The van der Waals surface area contributed by atoms with Crippen LogP contribution in [-0.2, 0) is 11.3 Å². The van der Waals surface area contributed by atoms with Gasteiger partial charge in [0.1, 0.15) is 18.1 Å². The number of aromatic nitrogens is 4. The molecule has 1 aromatic carbocycles. The third-order valence-electron chi connectivity index (χ3n) is 4.05. The van der Waals surface area contributed by atoms with Gasteiger partial charge in [0.05, 0.1) is 18.1 Å². The largest absolute Gasteiger partial charge is 0.467 e. The molecule has 148 valence electrons. The van der Waals surface area contributed by atoms with Gasteiger partial charge in [-0.25, -0.2) is 9.07 Å². The highest BCUT2D eigenvalue weighted by Gasteiger charge is 2.19. The molecule has 0 fully saturated rings. The first-order valence-electron chi connectivity index (χ1n) is 8.68. The third kappa shape index (κ3) is 4.90. The summed E-state index contributed by atoms with van der Waals surface area (Å²) in [7, 11) is 0. The number of thiophene rings is 1. The van der Waals surface area contributed by atoms with Crippen molar-refractivity contribution in [3.8, 4) is 0 Å². The molecular weight excluding hydrogens is 413 g/mol. The second kappa shape index (κ2) is 9.01. The number of benzene rings is 1. The van der Waals surface area contributed by atoms with Crippen LogP contribution in [0.3, 0.4) is 0 Å². The van der Waals surface area contributed by atoms with Gasteiger partial charge >= 0.3 is 0 Å². The Labute approximate surface area is 173 Å². The number of carbonyl (C=O) groups is 1. The van der Waals surface area contributed by atoms with Crippen molar-refractivity contribution < 1.29 is 13.6 Å². The van der Waals surface area contributed by atoms with Crippen LogP contribution in [0.4, 0.5) is 4.39 Å². The molecule has 4 rings (SSSR count). The molecule has 1 N–H and O–H groups in total. The molecule has 29 heavy (non-hydrogen) atoms. The average Bonchev–Trinajstić information content (AvgIpc) is 3.49. The molecule has 4 aromatic rings. The molecule has 7 nitrogen and oxygen atoms in total. The van der Waals surface area contributed by atoms with Crippen molar-refractivity contribution in [2.45, 2.75) is 17.7 Å². The Morgan fingerprint density at radius 3 is 2.83 bits per heavy atom. The maximum atomic E-state index is 13.3. The monoisotopic (exact) mass is 429 g/mol. The van der Waals surface area contributed by atoms with Crippen molar-refractivity contribution >= 4 is 29.0 Å². The third-order valence-corrected chi connectivity index (χ3v) is 5.95. The van der Waals surface area contributed by atoms with Crippen molar-refractivity contribution in [2.75, 3.05) is 5.75 Å². The molecule has 0 aliphatic carbocycles. The lowest BCUT2D eigenvalue weighted by Crippen LogP contribution is -2.30. The second-order valence-corrected chi connectivity index (χ2v) is 7.98. The number of thioether (sulfide) groups is 1. The Morgan fingerprint density at radius 2 is 2.10 bits per heavy atom. The smallest absolute Gasteiger partial charge is 0.231 e. The predicted molar refractivity (Wildman–Crippen MR) is 107 cm³/mol. The number of nitrogens with one attached hydrogen (secondary N) is 1. The molecule has 3 heterocycles. The molecule has 1 atom stereocenters. The van der Waals surface area contributed by atoms with Gasteiger partial charge < -0.3 is 9.73 Å². The van der Waals surface area contributed by atoms with Crippen LogP contribution in [0, 0.1) is 5.82 Å². The molecule has 0 radical (unpaired) electrons. The van der Waals surface area contributed by atoms with Gasteiger partial charge in [0.15, 0.2) is 0 Å². The molecule has 1 amide bonds. The van der Waals surface area contributed by atoms with Gasteiger partial charge in [-0.15, -0.1) is 16.4 Å². The SMILES string of the molecule is O=C(CSc1nnnn1Cc1ccco1)NC(c1ccc(F)cc1)c1cccs1. The minimum Gasteiger partial charge on any atom is -0.467 e.